The second-order valence-corrected chi connectivity index (χ2v) is 4.76. The molecule has 0 saturated heterocycles. The SMILES string of the molecule is CCCC[C@H](CC)COc1ccc(C=O)cc1OC. The van der Waals surface area contributed by atoms with Crippen molar-refractivity contribution in [2.75, 3.05) is 13.7 Å². The van der Waals surface area contributed by atoms with E-state index in [0.717, 1.165) is 12.7 Å². The van der Waals surface area contributed by atoms with Crippen LogP contribution in [0.2, 0.25) is 0 Å². The van der Waals surface area contributed by atoms with Gasteiger partial charge in [0.05, 0.1) is 13.7 Å². The standard InChI is InChI=1S/C16H24O3/c1-4-6-7-13(5-2)12-19-15-9-8-14(11-17)10-16(15)18-3/h8-11,13H,4-7,12H2,1-3H3/t13-/m0/s1. The Balaban J connectivity index is 2.62. The summed E-state index contributed by atoms with van der Waals surface area (Å²) < 4.78 is 11.1. The molecule has 0 N–H and O–H groups in total. The van der Waals surface area contributed by atoms with E-state index in [4.69, 9.17) is 9.47 Å². The summed E-state index contributed by atoms with van der Waals surface area (Å²) >= 11 is 0. The number of hydrogen-bond acceptors (Lipinski definition) is 3. The Hall–Kier alpha value is -1.51. The van der Waals surface area contributed by atoms with E-state index in [9.17, 15) is 4.79 Å². The molecule has 0 spiro atoms. The average Bonchev–Trinajstić information content (AvgIpc) is 2.47. The Kier molecular flexibility index (Phi) is 7.01. The van der Waals surface area contributed by atoms with E-state index in [2.05, 4.69) is 13.8 Å². The van der Waals surface area contributed by atoms with Crippen LogP contribution in [0.25, 0.3) is 0 Å². The molecule has 0 amide bonds. The van der Waals surface area contributed by atoms with E-state index in [0.29, 0.717) is 29.6 Å². The summed E-state index contributed by atoms with van der Waals surface area (Å²) in [5.41, 5.74) is 0.599. The van der Waals surface area contributed by atoms with Crippen molar-refractivity contribution in [1.29, 1.82) is 0 Å². The number of carbonyl (C=O) groups is 1. The highest BCUT2D eigenvalue weighted by atomic mass is 16.5. The molecule has 0 heterocycles. The number of rotatable bonds is 9. The van der Waals surface area contributed by atoms with E-state index in [1.54, 1.807) is 25.3 Å². The fraction of sp³-hybridized carbons (Fsp3) is 0.562. The maximum Gasteiger partial charge on any atom is 0.161 e. The largest absolute Gasteiger partial charge is 0.493 e. The minimum absolute atomic E-state index is 0.579. The highest BCUT2D eigenvalue weighted by Crippen LogP contribution is 2.28. The van der Waals surface area contributed by atoms with Crippen molar-refractivity contribution >= 4 is 6.29 Å². The molecule has 106 valence electrons. The molecule has 0 unspecified atom stereocenters. The lowest BCUT2D eigenvalue weighted by Gasteiger charge is -2.17. The molecule has 1 rings (SSSR count). The average molecular weight is 264 g/mol. The lowest BCUT2D eigenvalue weighted by molar-refractivity contribution is 0.112. The first-order chi connectivity index (χ1) is 9.24. The van der Waals surface area contributed by atoms with Crippen molar-refractivity contribution in [2.24, 2.45) is 5.92 Å². The first kappa shape index (κ1) is 15.5. The molecule has 3 nitrogen and oxygen atoms in total. The summed E-state index contributed by atoms with van der Waals surface area (Å²) in [6.45, 7) is 5.10. The molecule has 0 radical (unpaired) electrons. The minimum Gasteiger partial charge on any atom is -0.493 e. The predicted molar refractivity (Wildman–Crippen MR) is 77.2 cm³/mol. The van der Waals surface area contributed by atoms with E-state index in [1.807, 2.05) is 0 Å². The molecule has 0 aliphatic carbocycles. The van der Waals surface area contributed by atoms with Crippen LogP contribution in [0, 0.1) is 5.92 Å². The highest BCUT2D eigenvalue weighted by molar-refractivity contribution is 5.76. The van der Waals surface area contributed by atoms with Gasteiger partial charge in [0.25, 0.3) is 0 Å². The molecule has 0 aromatic heterocycles. The fourth-order valence-electron chi connectivity index (χ4n) is 1.98. The van der Waals surface area contributed by atoms with Crippen molar-refractivity contribution < 1.29 is 14.3 Å². The summed E-state index contributed by atoms with van der Waals surface area (Å²) in [6, 6.07) is 5.25. The molecule has 3 heteroatoms. The van der Waals surface area contributed by atoms with Gasteiger partial charge in [0.1, 0.15) is 6.29 Å². The number of aldehydes is 1. The topological polar surface area (TPSA) is 35.5 Å². The summed E-state index contributed by atoms with van der Waals surface area (Å²) in [5, 5.41) is 0. The number of carbonyl (C=O) groups excluding carboxylic acids is 1. The molecule has 1 aromatic rings. The van der Waals surface area contributed by atoms with Crippen LogP contribution < -0.4 is 9.47 Å². The summed E-state index contributed by atoms with van der Waals surface area (Å²) in [7, 11) is 1.59. The van der Waals surface area contributed by atoms with Crippen LogP contribution in [0.1, 0.15) is 49.9 Å². The van der Waals surface area contributed by atoms with Gasteiger partial charge in [-0.25, -0.2) is 0 Å². The second-order valence-electron chi connectivity index (χ2n) is 4.76. The minimum atomic E-state index is 0.579. The van der Waals surface area contributed by atoms with Gasteiger partial charge in [0.15, 0.2) is 11.5 Å². The lowest BCUT2D eigenvalue weighted by atomic mass is 10.0. The zero-order valence-corrected chi connectivity index (χ0v) is 12.1. The first-order valence-corrected chi connectivity index (χ1v) is 7.01. The lowest BCUT2D eigenvalue weighted by Crippen LogP contribution is -2.11. The summed E-state index contributed by atoms with van der Waals surface area (Å²) in [6.07, 6.45) is 5.58. The Labute approximate surface area is 115 Å². The molecule has 1 atom stereocenters. The van der Waals surface area contributed by atoms with Gasteiger partial charge < -0.3 is 9.47 Å². The number of methoxy groups -OCH3 is 1. The van der Waals surface area contributed by atoms with Crippen molar-refractivity contribution in [2.45, 2.75) is 39.5 Å². The Morgan fingerprint density at radius 2 is 2.05 bits per heavy atom. The maximum atomic E-state index is 10.7. The maximum absolute atomic E-state index is 10.7. The number of benzene rings is 1. The summed E-state index contributed by atoms with van der Waals surface area (Å²) in [4.78, 5) is 10.7. The number of hydrogen-bond donors (Lipinski definition) is 0. The third-order valence-corrected chi connectivity index (χ3v) is 3.34. The second kappa shape index (κ2) is 8.57. The van der Waals surface area contributed by atoms with Crippen molar-refractivity contribution in [3.05, 3.63) is 23.8 Å². The van der Waals surface area contributed by atoms with Gasteiger partial charge in [0, 0.05) is 5.56 Å². The molecule has 1 aromatic carbocycles. The molecule has 0 aliphatic heterocycles. The monoisotopic (exact) mass is 264 g/mol. The smallest absolute Gasteiger partial charge is 0.161 e. The van der Waals surface area contributed by atoms with Crippen molar-refractivity contribution in [3.8, 4) is 11.5 Å². The highest BCUT2D eigenvalue weighted by Gasteiger charge is 2.10. The zero-order chi connectivity index (χ0) is 14.1. The van der Waals surface area contributed by atoms with Gasteiger partial charge in [-0.2, -0.15) is 0 Å². The van der Waals surface area contributed by atoms with Crippen LogP contribution in [-0.4, -0.2) is 20.0 Å². The third-order valence-electron chi connectivity index (χ3n) is 3.34. The van der Waals surface area contributed by atoms with Gasteiger partial charge in [-0.1, -0.05) is 33.1 Å². The first-order valence-electron chi connectivity index (χ1n) is 7.01. The molecular formula is C16H24O3. The van der Waals surface area contributed by atoms with E-state index >= 15 is 0 Å². The Morgan fingerprint density at radius 1 is 1.26 bits per heavy atom. The van der Waals surface area contributed by atoms with Crippen LogP contribution in [0.5, 0.6) is 11.5 Å². The molecule has 0 saturated carbocycles. The predicted octanol–water partition coefficient (Wildman–Crippen LogP) is 4.10. The summed E-state index contributed by atoms with van der Waals surface area (Å²) in [5.74, 6) is 1.91. The molecule has 0 bridgehead atoms. The fourth-order valence-corrected chi connectivity index (χ4v) is 1.98. The number of ether oxygens (including phenoxy) is 2. The van der Waals surface area contributed by atoms with Gasteiger partial charge >= 0.3 is 0 Å². The van der Waals surface area contributed by atoms with Gasteiger partial charge in [-0.3, -0.25) is 4.79 Å². The van der Waals surface area contributed by atoms with Crippen LogP contribution in [0.15, 0.2) is 18.2 Å². The van der Waals surface area contributed by atoms with Crippen LogP contribution in [0.4, 0.5) is 0 Å². The van der Waals surface area contributed by atoms with Crippen molar-refractivity contribution in [1.82, 2.24) is 0 Å². The molecule has 0 aliphatic rings. The van der Waals surface area contributed by atoms with E-state index in [1.165, 1.54) is 19.3 Å². The zero-order valence-electron chi connectivity index (χ0n) is 12.1. The van der Waals surface area contributed by atoms with E-state index in [-0.39, 0.29) is 0 Å². The normalized spacial score (nSPS) is 11.9. The van der Waals surface area contributed by atoms with Crippen LogP contribution in [-0.2, 0) is 0 Å². The Bertz CT molecular complexity index is 388. The van der Waals surface area contributed by atoms with Gasteiger partial charge in [-0.05, 0) is 30.5 Å². The Morgan fingerprint density at radius 3 is 2.63 bits per heavy atom. The molecule has 0 fully saturated rings. The van der Waals surface area contributed by atoms with E-state index < -0.39 is 0 Å². The van der Waals surface area contributed by atoms with Gasteiger partial charge in [-0.15, -0.1) is 0 Å². The molecular weight excluding hydrogens is 240 g/mol. The van der Waals surface area contributed by atoms with Crippen molar-refractivity contribution in [3.63, 3.8) is 0 Å². The number of unbranched alkanes of at least 4 members (excludes halogenated alkanes) is 1. The third kappa shape index (κ3) is 4.93. The molecule has 19 heavy (non-hydrogen) atoms. The van der Waals surface area contributed by atoms with Gasteiger partial charge in [0.2, 0.25) is 0 Å². The van der Waals surface area contributed by atoms with Crippen LogP contribution in [0.3, 0.4) is 0 Å². The quantitative estimate of drug-likeness (QED) is 0.630. The van der Waals surface area contributed by atoms with Crippen LogP contribution >= 0.6 is 0 Å².